The molecule has 80 valence electrons. The highest BCUT2D eigenvalue weighted by Crippen LogP contribution is 2.33. The molecule has 2 N–H and O–H groups in total. The Morgan fingerprint density at radius 1 is 1.60 bits per heavy atom. The number of carbonyl (C=O) groups excluding carboxylic acids is 1. The number of carbonyl (C=O) groups is 2. The molecule has 1 aromatic heterocycles. The van der Waals surface area contributed by atoms with Crippen LogP contribution >= 0.6 is 0 Å². The van der Waals surface area contributed by atoms with Crippen molar-refractivity contribution < 1.29 is 14.7 Å². The van der Waals surface area contributed by atoms with Gasteiger partial charge >= 0.3 is 5.97 Å². The number of carboxylic acid groups (broad SMARTS) is 1. The van der Waals surface area contributed by atoms with E-state index in [9.17, 15) is 9.59 Å². The summed E-state index contributed by atoms with van der Waals surface area (Å²) < 4.78 is 1.75. The maximum Gasteiger partial charge on any atom is 0.322 e. The number of nitrogens with zero attached hydrogens (tertiary/aromatic N) is 2. The van der Waals surface area contributed by atoms with Crippen molar-refractivity contribution in [1.29, 1.82) is 0 Å². The number of rotatable bonds is 4. The van der Waals surface area contributed by atoms with Gasteiger partial charge < -0.3 is 10.4 Å². The third-order valence-corrected chi connectivity index (χ3v) is 2.18. The first kappa shape index (κ1) is 9.70. The van der Waals surface area contributed by atoms with E-state index in [2.05, 4.69) is 10.4 Å². The smallest absolute Gasteiger partial charge is 0.322 e. The van der Waals surface area contributed by atoms with Crippen LogP contribution in [0.3, 0.4) is 0 Å². The summed E-state index contributed by atoms with van der Waals surface area (Å²) in [4.78, 5) is 21.6. The van der Waals surface area contributed by atoms with Gasteiger partial charge in [0.25, 0.3) is 5.91 Å². The Kier molecular flexibility index (Phi) is 2.40. The standard InChI is InChI=1S/C9H11N3O3/c13-8(14)4-10-9(15)6-3-11-12(5-6)7-1-2-7/h3,5,7H,1-2,4H2,(H,10,15)(H,13,14). The van der Waals surface area contributed by atoms with Crippen LogP contribution in [0.25, 0.3) is 0 Å². The van der Waals surface area contributed by atoms with Gasteiger partial charge in [0.05, 0.1) is 17.8 Å². The van der Waals surface area contributed by atoms with Crippen LogP contribution < -0.4 is 5.32 Å². The van der Waals surface area contributed by atoms with Crippen molar-refractivity contribution in [3.63, 3.8) is 0 Å². The van der Waals surface area contributed by atoms with Crippen molar-refractivity contribution in [2.24, 2.45) is 0 Å². The van der Waals surface area contributed by atoms with Crippen LogP contribution in [0.15, 0.2) is 12.4 Å². The molecule has 0 atom stereocenters. The highest BCUT2D eigenvalue weighted by Gasteiger charge is 2.24. The third kappa shape index (κ3) is 2.34. The average Bonchev–Trinajstić information content (AvgIpc) is 2.93. The Bertz CT molecular complexity index is 395. The molecule has 0 radical (unpaired) electrons. The summed E-state index contributed by atoms with van der Waals surface area (Å²) in [5, 5.41) is 14.7. The number of nitrogens with one attached hydrogen (secondary N) is 1. The number of amides is 1. The largest absolute Gasteiger partial charge is 0.480 e. The summed E-state index contributed by atoms with van der Waals surface area (Å²) in [5.74, 6) is -1.46. The van der Waals surface area contributed by atoms with Gasteiger partial charge in [-0.25, -0.2) is 0 Å². The molecule has 1 heterocycles. The van der Waals surface area contributed by atoms with Crippen molar-refractivity contribution >= 4 is 11.9 Å². The summed E-state index contributed by atoms with van der Waals surface area (Å²) in [7, 11) is 0. The highest BCUT2D eigenvalue weighted by molar-refractivity contribution is 5.95. The molecule has 6 nitrogen and oxygen atoms in total. The number of aliphatic carboxylic acids is 1. The molecule has 2 rings (SSSR count). The molecule has 1 aliphatic carbocycles. The van der Waals surface area contributed by atoms with Crippen LogP contribution in [-0.2, 0) is 4.79 Å². The monoisotopic (exact) mass is 209 g/mol. The lowest BCUT2D eigenvalue weighted by Crippen LogP contribution is -2.28. The summed E-state index contributed by atoms with van der Waals surface area (Å²) in [6.07, 6.45) is 5.29. The zero-order valence-corrected chi connectivity index (χ0v) is 8.01. The fourth-order valence-electron chi connectivity index (χ4n) is 1.25. The predicted octanol–water partition coefficient (Wildman–Crippen LogP) is 0.0324. The van der Waals surface area contributed by atoms with Gasteiger partial charge in [0, 0.05) is 6.20 Å². The molecule has 1 saturated carbocycles. The Hall–Kier alpha value is -1.85. The van der Waals surface area contributed by atoms with Crippen LogP contribution in [0.1, 0.15) is 29.2 Å². The minimum absolute atomic E-state index is 0.368. The minimum atomic E-state index is -1.06. The van der Waals surface area contributed by atoms with Crippen LogP contribution in [-0.4, -0.2) is 33.3 Å². The molecule has 0 aromatic carbocycles. The highest BCUT2D eigenvalue weighted by atomic mass is 16.4. The van der Waals surface area contributed by atoms with Crippen LogP contribution in [0.5, 0.6) is 0 Å². The molecular formula is C9H11N3O3. The van der Waals surface area contributed by atoms with E-state index in [0.29, 0.717) is 11.6 Å². The van der Waals surface area contributed by atoms with Crippen molar-refractivity contribution in [3.05, 3.63) is 18.0 Å². The van der Waals surface area contributed by atoms with Gasteiger partial charge in [-0.3, -0.25) is 14.3 Å². The molecule has 1 fully saturated rings. The number of hydrogen-bond acceptors (Lipinski definition) is 3. The van der Waals surface area contributed by atoms with Crippen molar-refractivity contribution in [2.75, 3.05) is 6.54 Å². The Morgan fingerprint density at radius 2 is 2.33 bits per heavy atom. The van der Waals surface area contributed by atoms with Crippen LogP contribution in [0, 0.1) is 0 Å². The summed E-state index contributed by atoms with van der Waals surface area (Å²) in [5.41, 5.74) is 0.406. The number of carboxylic acids is 1. The van der Waals surface area contributed by atoms with E-state index in [1.54, 1.807) is 10.9 Å². The van der Waals surface area contributed by atoms with Gasteiger partial charge in [-0.15, -0.1) is 0 Å². The van der Waals surface area contributed by atoms with E-state index in [4.69, 9.17) is 5.11 Å². The maximum atomic E-state index is 11.4. The molecule has 0 unspecified atom stereocenters. The topological polar surface area (TPSA) is 84.2 Å². The first-order chi connectivity index (χ1) is 7.16. The first-order valence-electron chi connectivity index (χ1n) is 4.71. The number of aromatic nitrogens is 2. The minimum Gasteiger partial charge on any atom is -0.480 e. The molecule has 0 spiro atoms. The zero-order chi connectivity index (χ0) is 10.8. The molecule has 0 saturated heterocycles. The third-order valence-electron chi connectivity index (χ3n) is 2.18. The van der Waals surface area contributed by atoms with Crippen molar-refractivity contribution in [2.45, 2.75) is 18.9 Å². The van der Waals surface area contributed by atoms with Gasteiger partial charge in [-0.2, -0.15) is 5.10 Å². The fraction of sp³-hybridized carbons (Fsp3) is 0.444. The van der Waals surface area contributed by atoms with E-state index in [0.717, 1.165) is 12.8 Å². The SMILES string of the molecule is O=C(O)CNC(=O)c1cnn(C2CC2)c1. The van der Waals surface area contributed by atoms with E-state index in [-0.39, 0.29) is 6.54 Å². The molecule has 0 bridgehead atoms. The number of hydrogen-bond donors (Lipinski definition) is 2. The lowest BCUT2D eigenvalue weighted by Gasteiger charge is -1.98. The predicted molar refractivity (Wildman–Crippen MR) is 50.5 cm³/mol. The zero-order valence-electron chi connectivity index (χ0n) is 8.01. The fourth-order valence-corrected chi connectivity index (χ4v) is 1.25. The van der Waals surface area contributed by atoms with Gasteiger partial charge in [0.15, 0.2) is 0 Å². The van der Waals surface area contributed by atoms with Gasteiger partial charge in [-0.05, 0) is 12.8 Å². The van der Waals surface area contributed by atoms with E-state index >= 15 is 0 Å². The lowest BCUT2D eigenvalue weighted by atomic mass is 10.3. The van der Waals surface area contributed by atoms with Gasteiger partial charge in [0.2, 0.25) is 0 Å². The van der Waals surface area contributed by atoms with Gasteiger partial charge in [-0.1, -0.05) is 0 Å². The van der Waals surface area contributed by atoms with E-state index < -0.39 is 11.9 Å². The normalized spacial score (nSPS) is 14.9. The molecule has 1 aliphatic rings. The molecule has 15 heavy (non-hydrogen) atoms. The van der Waals surface area contributed by atoms with Crippen LogP contribution in [0.4, 0.5) is 0 Å². The van der Waals surface area contributed by atoms with Crippen molar-refractivity contribution in [1.82, 2.24) is 15.1 Å². The average molecular weight is 209 g/mol. The van der Waals surface area contributed by atoms with Crippen molar-refractivity contribution in [3.8, 4) is 0 Å². The molecule has 0 aliphatic heterocycles. The van der Waals surface area contributed by atoms with E-state index in [1.165, 1.54) is 6.20 Å². The first-order valence-corrected chi connectivity index (χ1v) is 4.71. The summed E-state index contributed by atoms with van der Waals surface area (Å²) >= 11 is 0. The maximum absolute atomic E-state index is 11.4. The summed E-state index contributed by atoms with van der Waals surface area (Å²) in [6, 6.07) is 0.422. The Morgan fingerprint density at radius 3 is 2.93 bits per heavy atom. The Balaban J connectivity index is 1.95. The van der Waals surface area contributed by atoms with E-state index in [1.807, 2.05) is 0 Å². The van der Waals surface area contributed by atoms with Crippen LogP contribution in [0.2, 0.25) is 0 Å². The molecule has 1 aromatic rings. The second kappa shape index (κ2) is 3.72. The molecule has 1 amide bonds. The second-order valence-corrected chi connectivity index (χ2v) is 3.52. The van der Waals surface area contributed by atoms with Gasteiger partial charge in [0.1, 0.15) is 6.54 Å². The Labute approximate surface area is 85.9 Å². The molecular weight excluding hydrogens is 198 g/mol. The second-order valence-electron chi connectivity index (χ2n) is 3.52. The quantitative estimate of drug-likeness (QED) is 0.732. The molecule has 6 heteroatoms. The summed E-state index contributed by atoms with van der Waals surface area (Å²) in [6.45, 7) is -0.368. The lowest BCUT2D eigenvalue weighted by molar-refractivity contribution is -0.135.